The van der Waals surface area contributed by atoms with Crippen molar-refractivity contribution in [1.29, 1.82) is 0 Å². The first-order valence-corrected chi connectivity index (χ1v) is 26.1. The van der Waals surface area contributed by atoms with Crippen LogP contribution in [0.2, 0.25) is 0 Å². The number of unbranched alkanes of at least 4 members (excludes halogenated alkanes) is 28. The van der Waals surface area contributed by atoms with Crippen molar-refractivity contribution in [2.24, 2.45) is 0 Å². The molecule has 0 aromatic heterocycles. The van der Waals surface area contributed by atoms with Gasteiger partial charge in [0.05, 0.1) is 25.4 Å². The monoisotopic (exact) mass is 890 g/mol. The van der Waals surface area contributed by atoms with Gasteiger partial charge in [0.2, 0.25) is 5.91 Å². The normalized spacial score (nSPS) is 20.8. The van der Waals surface area contributed by atoms with Gasteiger partial charge in [-0.1, -0.05) is 192 Å². The van der Waals surface area contributed by atoms with Crippen LogP contribution < -0.4 is 5.32 Å². The summed E-state index contributed by atoms with van der Waals surface area (Å²) in [5, 5.41) is 44.7. The van der Waals surface area contributed by atoms with Crippen LogP contribution in [0.5, 0.6) is 0 Å². The molecule has 0 aliphatic carbocycles. The molecule has 0 aromatic rings. The Labute approximate surface area is 372 Å². The largest absolute Gasteiger partial charge is 0.397 e. The number of carbonyl (C=O) groups excluding carboxylic acids is 1. The van der Waals surface area contributed by atoms with Gasteiger partial charge in [-0.25, -0.2) is 4.18 Å². The first kappa shape index (κ1) is 57.6. The quantitative estimate of drug-likeness (QED) is 0.0194. The molecule has 0 aromatic carbocycles. The van der Waals surface area contributed by atoms with Crippen LogP contribution in [-0.2, 0) is 28.9 Å². The summed E-state index contributed by atoms with van der Waals surface area (Å²) < 4.78 is 47.6. The first-order chi connectivity index (χ1) is 29.5. The van der Waals surface area contributed by atoms with Gasteiger partial charge in [-0.2, -0.15) is 8.42 Å². The first-order valence-electron chi connectivity index (χ1n) is 24.7. The van der Waals surface area contributed by atoms with Crippen molar-refractivity contribution in [3.05, 3.63) is 24.3 Å². The second-order valence-corrected chi connectivity index (χ2v) is 18.4. The number of nitrogens with one attached hydrogen (secondary N) is 1. The van der Waals surface area contributed by atoms with E-state index in [4.69, 9.17) is 9.47 Å². The Morgan fingerprint density at radius 2 is 1.05 bits per heavy atom. The third-order valence-electron chi connectivity index (χ3n) is 11.7. The predicted octanol–water partition coefficient (Wildman–Crippen LogP) is 10.1. The van der Waals surface area contributed by atoms with Gasteiger partial charge < -0.3 is 35.2 Å². The molecule has 7 atom stereocenters. The van der Waals surface area contributed by atoms with Crippen molar-refractivity contribution in [2.45, 2.75) is 262 Å². The molecule has 0 radical (unpaired) electrons. The predicted molar refractivity (Wildman–Crippen MR) is 245 cm³/mol. The Morgan fingerprint density at radius 1 is 0.639 bits per heavy atom. The lowest BCUT2D eigenvalue weighted by atomic mass is 9.99. The van der Waals surface area contributed by atoms with Crippen molar-refractivity contribution >= 4 is 16.3 Å². The molecule has 0 spiro atoms. The lowest BCUT2D eigenvalue weighted by Crippen LogP contribution is -2.61. The minimum atomic E-state index is -5.08. The fourth-order valence-electron chi connectivity index (χ4n) is 7.86. The number of hydrogen-bond donors (Lipinski definition) is 6. The van der Waals surface area contributed by atoms with Crippen LogP contribution in [-0.4, -0.2) is 95.4 Å². The lowest BCUT2D eigenvalue weighted by Gasteiger charge is -2.41. The maximum Gasteiger partial charge on any atom is 0.397 e. The molecule has 1 fully saturated rings. The van der Waals surface area contributed by atoms with Crippen LogP contribution in [0.15, 0.2) is 24.3 Å². The van der Waals surface area contributed by atoms with Crippen molar-refractivity contribution in [1.82, 2.24) is 5.32 Å². The molecule has 0 bridgehead atoms. The fourth-order valence-corrected chi connectivity index (χ4v) is 8.37. The molecule has 0 saturated carbocycles. The van der Waals surface area contributed by atoms with Crippen LogP contribution in [0.4, 0.5) is 0 Å². The Kier molecular flexibility index (Phi) is 36.8. The summed E-state index contributed by atoms with van der Waals surface area (Å²) in [6, 6.07) is -0.941. The van der Waals surface area contributed by atoms with Gasteiger partial charge in [0.1, 0.15) is 24.4 Å². The molecule has 61 heavy (non-hydrogen) atoms. The molecule has 1 heterocycles. The number of amides is 1. The highest BCUT2D eigenvalue weighted by Crippen LogP contribution is 2.26. The van der Waals surface area contributed by atoms with Crippen molar-refractivity contribution in [3.8, 4) is 0 Å². The van der Waals surface area contributed by atoms with Gasteiger partial charge >= 0.3 is 10.4 Å². The number of ether oxygens (including phenoxy) is 2. The van der Waals surface area contributed by atoms with E-state index in [1.165, 1.54) is 154 Å². The summed E-state index contributed by atoms with van der Waals surface area (Å²) in [6.45, 7) is 3.38. The molecule has 1 saturated heterocycles. The van der Waals surface area contributed by atoms with E-state index in [0.717, 1.165) is 38.5 Å². The maximum atomic E-state index is 13.0. The van der Waals surface area contributed by atoms with E-state index < -0.39 is 59.9 Å². The smallest absolute Gasteiger partial charge is 0.394 e. The fraction of sp³-hybridized carbons (Fsp3) is 0.896. The number of aliphatic hydroxyl groups excluding tert-OH is 4. The summed E-state index contributed by atoms with van der Waals surface area (Å²) >= 11 is 0. The molecule has 0 unspecified atom stereocenters. The third kappa shape index (κ3) is 32.0. The summed E-state index contributed by atoms with van der Waals surface area (Å²) in [5.74, 6) is -0.263. The van der Waals surface area contributed by atoms with E-state index in [9.17, 15) is 38.2 Å². The van der Waals surface area contributed by atoms with Crippen LogP contribution >= 0.6 is 0 Å². The standard InChI is InChI=1S/C48H91NO11S/c1-3-5-7-9-11-13-15-17-18-19-20-21-22-23-24-26-28-30-32-34-36-38-44(52)49-41(42(51)37-35-33-31-29-27-25-16-14-12-10-8-6-4-2)40-58-48-46(54)47(60-61(55,56)57)45(53)43(39-50)59-48/h17-18,35,37,41-43,45-48,50-51,53-54H,3-16,19-34,36,38-40H2,1-2H3,(H,49,52)(H,55,56,57)/b18-17-,37-35+/t41-,42+,43+,45-,46+,47-,48+/m0/s1. The van der Waals surface area contributed by atoms with E-state index in [1.54, 1.807) is 6.08 Å². The Balaban J connectivity index is 2.44. The highest BCUT2D eigenvalue weighted by atomic mass is 32.3. The second kappa shape index (κ2) is 39.0. The van der Waals surface area contributed by atoms with E-state index in [0.29, 0.717) is 6.42 Å². The number of allylic oxidation sites excluding steroid dienone is 3. The Bertz CT molecular complexity index is 1190. The second-order valence-electron chi connectivity index (χ2n) is 17.4. The molecule has 1 aliphatic heterocycles. The molecule has 360 valence electrons. The minimum absolute atomic E-state index is 0.263. The van der Waals surface area contributed by atoms with Gasteiger partial charge in [0.25, 0.3) is 0 Å². The zero-order valence-corrected chi connectivity index (χ0v) is 39.3. The molecule has 1 rings (SSSR count). The van der Waals surface area contributed by atoms with Crippen LogP contribution in [0.1, 0.15) is 219 Å². The van der Waals surface area contributed by atoms with Crippen molar-refractivity contribution in [2.75, 3.05) is 13.2 Å². The molecular weight excluding hydrogens is 799 g/mol. The van der Waals surface area contributed by atoms with Crippen molar-refractivity contribution < 1.29 is 51.8 Å². The average molecular weight is 890 g/mol. The molecule has 1 aliphatic rings. The topological polar surface area (TPSA) is 192 Å². The van der Waals surface area contributed by atoms with Gasteiger partial charge in [-0.15, -0.1) is 0 Å². The molecule has 1 amide bonds. The third-order valence-corrected chi connectivity index (χ3v) is 12.2. The van der Waals surface area contributed by atoms with Crippen LogP contribution in [0.25, 0.3) is 0 Å². The van der Waals surface area contributed by atoms with Crippen LogP contribution in [0.3, 0.4) is 0 Å². The summed E-state index contributed by atoms with van der Waals surface area (Å²) in [7, 11) is -5.08. The molecular formula is C48H91NO11S. The number of aliphatic hydroxyl groups is 4. The highest BCUT2D eigenvalue weighted by molar-refractivity contribution is 7.80. The Morgan fingerprint density at radius 3 is 1.48 bits per heavy atom. The molecule has 12 nitrogen and oxygen atoms in total. The van der Waals surface area contributed by atoms with E-state index in [1.807, 2.05) is 6.08 Å². The highest BCUT2D eigenvalue weighted by Gasteiger charge is 2.48. The van der Waals surface area contributed by atoms with E-state index in [-0.39, 0.29) is 18.9 Å². The van der Waals surface area contributed by atoms with Gasteiger partial charge in [0.15, 0.2) is 6.29 Å². The summed E-state index contributed by atoms with van der Waals surface area (Å²) in [4.78, 5) is 13.0. The Hall–Kier alpha value is -1.42. The van der Waals surface area contributed by atoms with Gasteiger partial charge in [0, 0.05) is 6.42 Å². The van der Waals surface area contributed by atoms with E-state index >= 15 is 0 Å². The number of rotatable bonds is 42. The maximum absolute atomic E-state index is 13.0. The van der Waals surface area contributed by atoms with Crippen LogP contribution in [0, 0.1) is 0 Å². The van der Waals surface area contributed by atoms with E-state index in [2.05, 4.69) is 35.5 Å². The summed E-state index contributed by atoms with van der Waals surface area (Å²) in [5.41, 5.74) is 0. The zero-order valence-electron chi connectivity index (χ0n) is 38.5. The SMILES string of the molecule is CCCCCCCC/C=C\CCCCCCCCCCCCCC(=O)N[C@@H](CO[C@@H]1O[C@H](CO)[C@H](O)[C@H](OS(=O)(=O)O)[C@H]1O)[C@H](O)/C=C/CCCCCCCCCCCCC. The minimum Gasteiger partial charge on any atom is -0.394 e. The molecule has 13 heteroatoms. The number of carbonyl (C=O) groups is 1. The molecule has 6 N–H and O–H groups in total. The van der Waals surface area contributed by atoms with Gasteiger partial charge in [-0.3, -0.25) is 9.35 Å². The van der Waals surface area contributed by atoms with Crippen molar-refractivity contribution in [3.63, 3.8) is 0 Å². The zero-order chi connectivity index (χ0) is 44.8. The number of hydrogen-bond acceptors (Lipinski definition) is 10. The average Bonchev–Trinajstić information content (AvgIpc) is 3.23. The summed E-state index contributed by atoms with van der Waals surface area (Å²) in [6.07, 6.45) is 36.4. The van der Waals surface area contributed by atoms with Gasteiger partial charge in [-0.05, 0) is 44.9 Å². The lowest BCUT2D eigenvalue weighted by molar-refractivity contribution is -0.298.